The maximum absolute atomic E-state index is 5.06. The Bertz CT molecular complexity index is 1240. The van der Waals surface area contributed by atoms with Gasteiger partial charge in [0.15, 0.2) is 5.65 Å². The SMILES string of the molecule is Cc1cc(C)c(-c2c(C)nn3c4c(c(C)nc23)CCN4Cc2ccccc2)c(C)c1. The molecule has 0 aliphatic carbocycles. The maximum atomic E-state index is 5.06. The molecular weight excluding hydrogens is 368 g/mol. The molecule has 4 heteroatoms. The third-order valence-corrected chi connectivity index (χ3v) is 6.29. The van der Waals surface area contributed by atoms with E-state index in [1.165, 1.54) is 44.8 Å². The van der Waals surface area contributed by atoms with Gasteiger partial charge in [0, 0.05) is 24.3 Å². The molecule has 1 aliphatic rings. The monoisotopic (exact) mass is 396 g/mol. The van der Waals surface area contributed by atoms with Gasteiger partial charge >= 0.3 is 0 Å². The molecule has 0 saturated heterocycles. The van der Waals surface area contributed by atoms with Crippen molar-refractivity contribution in [3.8, 4) is 11.1 Å². The second-order valence-corrected chi connectivity index (χ2v) is 8.63. The first-order valence-electron chi connectivity index (χ1n) is 10.7. The molecule has 0 bridgehead atoms. The molecule has 30 heavy (non-hydrogen) atoms. The van der Waals surface area contributed by atoms with Crippen LogP contribution in [0.2, 0.25) is 0 Å². The smallest absolute Gasteiger partial charge is 0.165 e. The number of fused-ring (bicyclic) bond motifs is 3. The average molecular weight is 397 g/mol. The lowest BCUT2D eigenvalue weighted by atomic mass is 9.94. The van der Waals surface area contributed by atoms with Crippen molar-refractivity contribution >= 4 is 11.5 Å². The average Bonchev–Trinajstić information content (AvgIpc) is 3.24. The first-order chi connectivity index (χ1) is 14.4. The van der Waals surface area contributed by atoms with Gasteiger partial charge in [0.05, 0.1) is 11.3 Å². The lowest BCUT2D eigenvalue weighted by molar-refractivity contribution is 0.795. The first kappa shape index (κ1) is 18.9. The fourth-order valence-corrected chi connectivity index (χ4v) is 5.08. The van der Waals surface area contributed by atoms with E-state index >= 15 is 0 Å². The highest BCUT2D eigenvalue weighted by molar-refractivity contribution is 5.85. The van der Waals surface area contributed by atoms with E-state index in [1.807, 2.05) is 0 Å². The van der Waals surface area contributed by atoms with Crippen molar-refractivity contribution in [2.45, 2.75) is 47.6 Å². The molecule has 4 nitrogen and oxygen atoms in total. The van der Waals surface area contributed by atoms with Crippen LogP contribution in [0.15, 0.2) is 42.5 Å². The minimum absolute atomic E-state index is 0.892. The van der Waals surface area contributed by atoms with Crippen LogP contribution < -0.4 is 4.90 Å². The third kappa shape index (κ3) is 2.90. The number of hydrogen-bond donors (Lipinski definition) is 0. The zero-order valence-corrected chi connectivity index (χ0v) is 18.5. The lowest BCUT2D eigenvalue weighted by Crippen LogP contribution is -2.22. The van der Waals surface area contributed by atoms with E-state index in [-0.39, 0.29) is 0 Å². The van der Waals surface area contributed by atoms with Crippen molar-refractivity contribution < 1.29 is 0 Å². The first-order valence-corrected chi connectivity index (χ1v) is 10.7. The minimum Gasteiger partial charge on any atom is -0.352 e. The lowest BCUT2D eigenvalue weighted by Gasteiger charge is -2.20. The van der Waals surface area contributed by atoms with Gasteiger partial charge in [-0.1, -0.05) is 48.0 Å². The van der Waals surface area contributed by atoms with E-state index in [1.54, 1.807) is 0 Å². The van der Waals surface area contributed by atoms with E-state index in [9.17, 15) is 0 Å². The summed E-state index contributed by atoms with van der Waals surface area (Å²) in [6.07, 6.45) is 1.02. The van der Waals surface area contributed by atoms with Crippen LogP contribution in [0.3, 0.4) is 0 Å². The number of aromatic nitrogens is 3. The Morgan fingerprint density at radius 1 is 0.867 bits per heavy atom. The van der Waals surface area contributed by atoms with Gasteiger partial charge in [0.1, 0.15) is 5.82 Å². The normalized spacial score (nSPS) is 13.3. The topological polar surface area (TPSA) is 33.4 Å². The van der Waals surface area contributed by atoms with E-state index < -0.39 is 0 Å². The third-order valence-electron chi connectivity index (χ3n) is 6.29. The van der Waals surface area contributed by atoms with Gasteiger partial charge in [0.25, 0.3) is 0 Å². The molecular formula is C26H28N4. The van der Waals surface area contributed by atoms with Crippen LogP contribution in [0.1, 0.15) is 39.2 Å². The summed E-state index contributed by atoms with van der Waals surface area (Å²) in [7, 11) is 0. The molecule has 0 amide bonds. The molecule has 4 aromatic rings. The zero-order valence-electron chi connectivity index (χ0n) is 18.5. The summed E-state index contributed by atoms with van der Waals surface area (Å²) in [5, 5.41) is 5.01. The van der Waals surface area contributed by atoms with Crippen LogP contribution in [0.25, 0.3) is 16.8 Å². The molecule has 0 spiro atoms. The van der Waals surface area contributed by atoms with Gasteiger partial charge in [-0.05, 0) is 63.3 Å². The Hall–Kier alpha value is -3.14. The van der Waals surface area contributed by atoms with Crippen molar-refractivity contribution in [2.75, 3.05) is 11.4 Å². The number of rotatable bonds is 3. The Morgan fingerprint density at radius 2 is 1.57 bits per heavy atom. The van der Waals surface area contributed by atoms with Crippen LogP contribution >= 0.6 is 0 Å². The Kier molecular flexibility index (Phi) is 4.39. The summed E-state index contributed by atoms with van der Waals surface area (Å²) >= 11 is 0. The minimum atomic E-state index is 0.892. The van der Waals surface area contributed by atoms with E-state index in [2.05, 4.69) is 86.5 Å². The van der Waals surface area contributed by atoms with Crippen molar-refractivity contribution in [3.05, 3.63) is 81.7 Å². The molecule has 3 heterocycles. The molecule has 1 aliphatic heterocycles. The summed E-state index contributed by atoms with van der Waals surface area (Å²) in [5.74, 6) is 1.21. The summed E-state index contributed by atoms with van der Waals surface area (Å²) in [5.41, 5.74) is 12.1. The van der Waals surface area contributed by atoms with Gasteiger partial charge in [0.2, 0.25) is 0 Å². The number of nitrogens with zero attached hydrogens (tertiary/aromatic N) is 4. The summed E-state index contributed by atoms with van der Waals surface area (Å²) < 4.78 is 2.10. The molecule has 0 fully saturated rings. The van der Waals surface area contributed by atoms with Crippen LogP contribution in [0.5, 0.6) is 0 Å². The molecule has 0 radical (unpaired) electrons. The zero-order chi connectivity index (χ0) is 21.0. The fourth-order valence-electron chi connectivity index (χ4n) is 5.08. The van der Waals surface area contributed by atoms with Crippen molar-refractivity contribution in [3.63, 3.8) is 0 Å². The standard InChI is InChI=1S/C26H28N4/c1-16-13-17(2)23(18(3)14-16)24-20(5)28-30-25(24)27-19(4)22-11-12-29(26(22)30)15-21-9-7-6-8-10-21/h6-10,13-14H,11-12,15H2,1-5H3. The molecule has 2 aromatic heterocycles. The van der Waals surface area contributed by atoms with Gasteiger partial charge in [-0.25, -0.2) is 4.98 Å². The molecule has 0 unspecified atom stereocenters. The molecule has 5 rings (SSSR count). The van der Waals surface area contributed by atoms with Gasteiger partial charge < -0.3 is 4.90 Å². The molecule has 0 atom stereocenters. The second kappa shape index (κ2) is 6.98. The maximum Gasteiger partial charge on any atom is 0.165 e. The predicted octanol–water partition coefficient (Wildman–Crippen LogP) is 5.50. The van der Waals surface area contributed by atoms with Gasteiger partial charge in [-0.3, -0.25) is 0 Å². The summed E-state index contributed by atoms with van der Waals surface area (Å²) in [6, 6.07) is 15.2. The molecule has 0 N–H and O–H groups in total. The van der Waals surface area contributed by atoms with E-state index in [0.29, 0.717) is 0 Å². The van der Waals surface area contributed by atoms with Crippen LogP contribution in [-0.4, -0.2) is 21.1 Å². The van der Waals surface area contributed by atoms with Crippen LogP contribution in [-0.2, 0) is 13.0 Å². The quantitative estimate of drug-likeness (QED) is 0.458. The van der Waals surface area contributed by atoms with Crippen molar-refractivity contribution in [2.24, 2.45) is 0 Å². The summed E-state index contributed by atoms with van der Waals surface area (Å²) in [6.45, 7) is 12.7. The van der Waals surface area contributed by atoms with Gasteiger partial charge in [-0.2, -0.15) is 9.61 Å². The highest BCUT2D eigenvalue weighted by Crippen LogP contribution is 2.38. The predicted molar refractivity (Wildman–Crippen MR) is 123 cm³/mol. The van der Waals surface area contributed by atoms with Crippen LogP contribution in [0, 0.1) is 34.6 Å². The summed E-state index contributed by atoms with van der Waals surface area (Å²) in [4.78, 5) is 7.52. The number of anilines is 1. The highest BCUT2D eigenvalue weighted by Gasteiger charge is 2.28. The van der Waals surface area contributed by atoms with Crippen LogP contribution in [0.4, 0.5) is 5.82 Å². The number of benzene rings is 2. The Morgan fingerprint density at radius 3 is 2.27 bits per heavy atom. The Labute approximate surface area is 178 Å². The molecule has 0 saturated carbocycles. The Balaban J connectivity index is 1.72. The number of hydrogen-bond acceptors (Lipinski definition) is 3. The van der Waals surface area contributed by atoms with Crippen molar-refractivity contribution in [1.82, 2.24) is 14.6 Å². The van der Waals surface area contributed by atoms with E-state index in [0.717, 1.165) is 36.5 Å². The molecule has 152 valence electrons. The number of aryl methyl sites for hydroxylation is 5. The molecule has 2 aromatic carbocycles. The van der Waals surface area contributed by atoms with E-state index in [4.69, 9.17) is 10.1 Å². The fraction of sp³-hybridized carbons (Fsp3) is 0.308. The van der Waals surface area contributed by atoms with Crippen molar-refractivity contribution in [1.29, 1.82) is 0 Å². The van der Waals surface area contributed by atoms with Gasteiger partial charge in [-0.15, -0.1) is 0 Å². The second-order valence-electron chi connectivity index (χ2n) is 8.63. The highest BCUT2D eigenvalue weighted by atomic mass is 15.4. The largest absolute Gasteiger partial charge is 0.352 e.